The number of nitrogens with two attached hydrogens (primary N) is 2. The lowest BCUT2D eigenvalue weighted by Crippen LogP contribution is -2.03. The fourth-order valence-electron chi connectivity index (χ4n) is 1.37. The van der Waals surface area contributed by atoms with Gasteiger partial charge in [0, 0.05) is 36.1 Å². The zero-order valence-electron chi connectivity index (χ0n) is 9.52. The standard InChI is InChI=1S/C12H20N2S2/c13-5-7-15-9-11-3-1-2-4-12(11)10-16-8-6-14/h1-4H,5-10,13-14H2. The van der Waals surface area contributed by atoms with Gasteiger partial charge in [-0.05, 0) is 11.1 Å². The molecule has 0 unspecified atom stereocenters. The van der Waals surface area contributed by atoms with Gasteiger partial charge in [0.1, 0.15) is 0 Å². The van der Waals surface area contributed by atoms with Gasteiger partial charge in [0.05, 0.1) is 0 Å². The third-order valence-electron chi connectivity index (χ3n) is 2.16. The normalized spacial score (nSPS) is 10.6. The van der Waals surface area contributed by atoms with Gasteiger partial charge in [0.15, 0.2) is 0 Å². The molecule has 0 bridgehead atoms. The summed E-state index contributed by atoms with van der Waals surface area (Å²) in [6.07, 6.45) is 0. The van der Waals surface area contributed by atoms with Crippen LogP contribution < -0.4 is 11.5 Å². The summed E-state index contributed by atoms with van der Waals surface area (Å²) in [5.41, 5.74) is 13.9. The molecule has 0 aromatic heterocycles. The Morgan fingerprint density at radius 2 is 1.25 bits per heavy atom. The van der Waals surface area contributed by atoms with E-state index in [9.17, 15) is 0 Å². The molecule has 0 aliphatic carbocycles. The van der Waals surface area contributed by atoms with Crippen LogP contribution >= 0.6 is 23.5 Å². The van der Waals surface area contributed by atoms with Crippen molar-refractivity contribution in [3.8, 4) is 0 Å². The summed E-state index contributed by atoms with van der Waals surface area (Å²) < 4.78 is 0. The van der Waals surface area contributed by atoms with Gasteiger partial charge in [-0.1, -0.05) is 24.3 Å². The molecule has 0 radical (unpaired) electrons. The zero-order valence-corrected chi connectivity index (χ0v) is 11.2. The van der Waals surface area contributed by atoms with Crippen molar-refractivity contribution in [2.45, 2.75) is 11.5 Å². The minimum atomic E-state index is 0.759. The van der Waals surface area contributed by atoms with E-state index in [2.05, 4.69) is 24.3 Å². The van der Waals surface area contributed by atoms with Crippen LogP contribution in [0.5, 0.6) is 0 Å². The van der Waals surface area contributed by atoms with Crippen LogP contribution in [0.4, 0.5) is 0 Å². The number of hydrogen-bond acceptors (Lipinski definition) is 4. The molecule has 4 N–H and O–H groups in total. The number of hydrogen-bond donors (Lipinski definition) is 2. The van der Waals surface area contributed by atoms with E-state index in [0.717, 1.165) is 36.1 Å². The smallest absolute Gasteiger partial charge is 0.0188 e. The van der Waals surface area contributed by atoms with Gasteiger partial charge in [-0.2, -0.15) is 23.5 Å². The highest BCUT2D eigenvalue weighted by Gasteiger charge is 2.01. The van der Waals surface area contributed by atoms with Gasteiger partial charge in [0.25, 0.3) is 0 Å². The lowest BCUT2D eigenvalue weighted by atomic mass is 10.1. The first-order valence-corrected chi connectivity index (χ1v) is 7.82. The summed E-state index contributed by atoms with van der Waals surface area (Å²) in [7, 11) is 0. The minimum absolute atomic E-state index is 0.759. The summed E-state index contributed by atoms with van der Waals surface area (Å²) in [5.74, 6) is 4.20. The molecule has 90 valence electrons. The third kappa shape index (κ3) is 5.25. The van der Waals surface area contributed by atoms with Crippen LogP contribution in [0.2, 0.25) is 0 Å². The van der Waals surface area contributed by atoms with Crippen molar-refractivity contribution < 1.29 is 0 Å². The molecule has 4 heteroatoms. The predicted octanol–water partition coefficient (Wildman–Crippen LogP) is 2.07. The predicted molar refractivity (Wildman–Crippen MR) is 76.9 cm³/mol. The molecule has 0 saturated heterocycles. The van der Waals surface area contributed by atoms with Crippen LogP contribution in [0.15, 0.2) is 24.3 Å². The molecule has 0 spiro atoms. The molecule has 0 heterocycles. The molecule has 0 fully saturated rings. The van der Waals surface area contributed by atoms with Crippen molar-refractivity contribution in [1.82, 2.24) is 0 Å². The van der Waals surface area contributed by atoms with Crippen LogP contribution in [-0.2, 0) is 11.5 Å². The van der Waals surface area contributed by atoms with E-state index in [1.807, 2.05) is 23.5 Å². The maximum absolute atomic E-state index is 5.49. The highest BCUT2D eigenvalue weighted by molar-refractivity contribution is 7.98. The van der Waals surface area contributed by atoms with Crippen molar-refractivity contribution >= 4 is 23.5 Å². The van der Waals surface area contributed by atoms with Gasteiger partial charge in [-0.3, -0.25) is 0 Å². The monoisotopic (exact) mass is 256 g/mol. The van der Waals surface area contributed by atoms with Crippen LogP contribution in [0, 0.1) is 0 Å². The van der Waals surface area contributed by atoms with E-state index in [1.165, 1.54) is 11.1 Å². The minimum Gasteiger partial charge on any atom is -0.330 e. The first kappa shape index (κ1) is 13.9. The summed E-state index contributed by atoms with van der Waals surface area (Å²) in [6.45, 7) is 1.52. The van der Waals surface area contributed by atoms with E-state index in [-0.39, 0.29) is 0 Å². The van der Waals surface area contributed by atoms with Crippen LogP contribution in [-0.4, -0.2) is 24.6 Å². The van der Waals surface area contributed by atoms with E-state index in [4.69, 9.17) is 11.5 Å². The first-order chi connectivity index (χ1) is 7.88. The fraction of sp³-hybridized carbons (Fsp3) is 0.500. The molecule has 0 aliphatic heterocycles. The quantitative estimate of drug-likeness (QED) is 0.699. The largest absolute Gasteiger partial charge is 0.330 e. The average molecular weight is 256 g/mol. The molecule has 0 amide bonds. The second-order valence-corrected chi connectivity index (χ2v) is 5.66. The summed E-state index contributed by atoms with van der Waals surface area (Å²) in [4.78, 5) is 0. The van der Waals surface area contributed by atoms with Gasteiger partial charge >= 0.3 is 0 Å². The molecule has 1 aromatic carbocycles. The van der Waals surface area contributed by atoms with Crippen molar-refractivity contribution in [2.75, 3.05) is 24.6 Å². The summed E-state index contributed by atoms with van der Waals surface area (Å²) in [6, 6.07) is 8.63. The molecule has 1 rings (SSSR count). The van der Waals surface area contributed by atoms with Gasteiger partial charge in [-0.25, -0.2) is 0 Å². The molecule has 0 aliphatic rings. The highest BCUT2D eigenvalue weighted by Crippen LogP contribution is 2.20. The molecule has 2 nitrogen and oxygen atoms in total. The number of thioether (sulfide) groups is 2. The van der Waals surface area contributed by atoms with E-state index in [1.54, 1.807) is 0 Å². The summed E-state index contributed by atoms with van der Waals surface area (Å²) in [5, 5.41) is 0. The lowest BCUT2D eigenvalue weighted by Gasteiger charge is -2.08. The molecular formula is C12H20N2S2. The maximum Gasteiger partial charge on any atom is 0.0188 e. The van der Waals surface area contributed by atoms with Crippen molar-refractivity contribution in [1.29, 1.82) is 0 Å². The Balaban J connectivity index is 2.46. The molecule has 0 atom stereocenters. The molecule has 1 aromatic rings. The van der Waals surface area contributed by atoms with Gasteiger partial charge in [0.2, 0.25) is 0 Å². The lowest BCUT2D eigenvalue weighted by molar-refractivity contribution is 1.14. The Morgan fingerprint density at radius 3 is 1.62 bits per heavy atom. The zero-order chi connectivity index (χ0) is 11.6. The second-order valence-electron chi connectivity index (χ2n) is 3.45. The van der Waals surface area contributed by atoms with Crippen molar-refractivity contribution in [2.24, 2.45) is 11.5 Å². The van der Waals surface area contributed by atoms with E-state index in [0.29, 0.717) is 0 Å². The number of rotatable bonds is 8. The van der Waals surface area contributed by atoms with E-state index < -0.39 is 0 Å². The Kier molecular flexibility index (Phi) is 7.76. The second kappa shape index (κ2) is 8.93. The van der Waals surface area contributed by atoms with Crippen molar-refractivity contribution in [3.63, 3.8) is 0 Å². The van der Waals surface area contributed by atoms with E-state index >= 15 is 0 Å². The van der Waals surface area contributed by atoms with Crippen LogP contribution in [0.25, 0.3) is 0 Å². The van der Waals surface area contributed by atoms with Gasteiger partial charge in [-0.15, -0.1) is 0 Å². The Bertz CT molecular complexity index is 263. The first-order valence-electron chi connectivity index (χ1n) is 5.51. The third-order valence-corrected chi connectivity index (χ3v) is 4.24. The summed E-state index contributed by atoms with van der Waals surface area (Å²) >= 11 is 3.80. The Morgan fingerprint density at radius 1 is 0.812 bits per heavy atom. The SMILES string of the molecule is NCCSCc1ccccc1CSCCN. The Labute approximate surface area is 107 Å². The van der Waals surface area contributed by atoms with Crippen LogP contribution in [0.3, 0.4) is 0 Å². The van der Waals surface area contributed by atoms with Gasteiger partial charge < -0.3 is 11.5 Å². The topological polar surface area (TPSA) is 52.0 Å². The van der Waals surface area contributed by atoms with Crippen LogP contribution in [0.1, 0.15) is 11.1 Å². The van der Waals surface area contributed by atoms with Crippen molar-refractivity contribution in [3.05, 3.63) is 35.4 Å². The fourth-order valence-corrected chi connectivity index (χ4v) is 3.00. The average Bonchev–Trinajstić information content (AvgIpc) is 2.32. The number of benzene rings is 1. The Hall–Kier alpha value is -0.160. The molecular weight excluding hydrogens is 236 g/mol. The highest BCUT2D eigenvalue weighted by atomic mass is 32.2. The molecule has 16 heavy (non-hydrogen) atoms. The molecule has 0 saturated carbocycles. The maximum atomic E-state index is 5.49.